The second kappa shape index (κ2) is 8.60. The normalized spacial score (nSPS) is 24.3. The highest BCUT2D eigenvalue weighted by atomic mass is 19.1. The molecule has 0 saturated carbocycles. The van der Waals surface area contributed by atoms with Gasteiger partial charge in [0, 0.05) is 32.3 Å². The number of nitrogens with two attached hydrogens (primary N) is 1. The van der Waals surface area contributed by atoms with E-state index >= 15 is 0 Å². The van der Waals surface area contributed by atoms with E-state index in [4.69, 9.17) is 10.5 Å². The second-order valence-corrected chi connectivity index (χ2v) is 7.08. The van der Waals surface area contributed by atoms with Gasteiger partial charge in [0.25, 0.3) is 0 Å². The average molecular weight is 363 g/mol. The van der Waals surface area contributed by atoms with Gasteiger partial charge in [-0.25, -0.2) is 4.39 Å². The third-order valence-corrected chi connectivity index (χ3v) is 5.27. The van der Waals surface area contributed by atoms with Crippen LogP contribution < -0.4 is 11.1 Å². The van der Waals surface area contributed by atoms with Gasteiger partial charge in [0.05, 0.1) is 6.10 Å². The van der Waals surface area contributed by atoms with Gasteiger partial charge >= 0.3 is 11.8 Å². The molecule has 0 radical (unpaired) electrons. The van der Waals surface area contributed by atoms with Gasteiger partial charge in [-0.1, -0.05) is 12.1 Å². The lowest BCUT2D eigenvalue weighted by molar-refractivity contribution is -0.147. The predicted molar refractivity (Wildman–Crippen MR) is 94.5 cm³/mol. The fourth-order valence-electron chi connectivity index (χ4n) is 3.75. The van der Waals surface area contributed by atoms with E-state index in [0.717, 1.165) is 37.9 Å². The first kappa shape index (κ1) is 18.8. The number of hydrogen-bond acceptors (Lipinski definition) is 4. The van der Waals surface area contributed by atoms with Crippen LogP contribution in [-0.2, 0) is 20.9 Å². The molecule has 2 unspecified atom stereocenters. The summed E-state index contributed by atoms with van der Waals surface area (Å²) >= 11 is 0. The van der Waals surface area contributed by atoms with Crippen LogP contribution in [0.2, 0.25) is 0 Å². The Kier molecular flexibility index (Phi) is 6.21. The molecule has 2 amide bonds. The molecule has 7 heteroatoms. The van der Waals surface area contributed by atoms with E-state index < -0.39 is 11.8 Å². The van der Waals surface area contributed by atoms with E-state index in [0.29, 0.717) is 19.0 Å². The Bertz CT molecular complexity index is 629. The number of ether oxygens (including phenoxy) is 1. The van der Waals surface area contributed by atoms with Crippen molar-refractivity contribution in [2.45, 2.75) is 44.4 Å². The molecule has 0 aliphatic carbocycles. The number of benzene rings is 1. The molecule has 0 bridgehead atoms. The zero-order chi connectivity index (χ0) is 18.5. The number of likely N-dealkylation sites (tertiary alicyclic amines) is 1. The third kappa shape index (κ3) is 4.59. The van der Waals surface area contributed by atoms with Crippen LogP contribution in [0.5, 0.6) is 0 Å². The molecule has 2 fully saturated rings. The summed E-state index contributed by atoms with van der Waals surface area (Å²) in [5, 5.41) is 2.60. The summed E-state index contributed by atoms with van der Waals surface area (Å²) < 4.78 is 18.7. The first-order valence-corrected chi connectivity index (χ1v) is 9.23. The standard InChI is InChI=1S/C19H26FN3O3/c20-15-5-3-13(4-6-15)12-22-18(24)19(25)23-9-7-14(8-10-23)17-16(21)2-1-11-26-17/h3-6,14,16-17H,1-2,7-12,21H2,(H,22,24). The van der Waals surface area contributed by atoms with Gasteiger partial charge in [0.2, 0.25) is 0 Å². The van der Waals surface area contributed by atoms with E-state index in [-0.39, 0.29) is 24.5 Å². The zero-order valence-electron chi connectivity index (χ0n) is 14.8. The van der Waals surface area contributed by atoms with Gasteiger partial charge in [-0.2, -0.15) is 0 Å². The Labute approximate surface area is 152 Å². The largest absolute Gasteiger partial charge is 0.376 e. The first-order chi connectivity index (χ1) is 12.5. The maximum atomic E-state index is 12.9. The first-order valence-electron chi connectivity index (χ1n) is 9.23. The molecule has 1 aromatic carbocycles. The smallest absolute Gasteiger partial charge is 0.311 e. The van der Waals surface area contributed by atoms with Crippen LogP contribution in [0.4, 0.5) is 4.39 Å². The van der Waals surface area contributed by atoms with Crippen molar-refractivity contribution in [2.75, 3.05) is 19.7 Å². The molecule has 2 heterocycles. The third-order valence-electron chi connectivity index (χ3n) is 5.27. The Morgan fingerprint density at radius 2 is 1.88 bits per heavy atom. The minimum atomic E-state index is -0.626. The van der Waals surface area contributed by atoms with Crippen LogP contribution in [0.3, 0.4) is 0 Å². The topological polar surface area (TPSA) is 84.7 Å². The highest BCUT2D eigenvalue weighted by Gasteiger charge is 2.35. The van der Waals surface area contributed by atoms with Gasteiger partial charge in [-0.3, -0.25) is 9.59 Å². The summed E-state index contributed by atoms with van der Waals surface area (Å²) in [5.41, 5.74) is 6.91. The fraction of sp³-hybridized carbons (Fsp3) is 0.579. The Balaban J connectivity index is 1.45. The highest BCUT2D eigenvalue weighted by molar-refractivity contribution is 6.34. The molecule has 26 heavy (non-hydrogen) atoms. The number of carbonyl (C=O) groups is 2. The number of hydrogen-bond donors (Lipinski definition) is 2. The quantitative estimate of drug-likeness (QED) is 0.790. The zero-order valence-corrected chi connectivity index (χ0v) is 14.8. The number of piperidine rings is 1. The van der Waals surface area contributed by atoms with Crippen LogP contribution >= 0.6 is 0 Å². The molecule has 0 aromatic heterocycles. The predicted octanol–water partition coefficient (Wildman–Crippen LogP) is 1.19. The molecule has 2 saturated heterocycles. The summed E-state index contributed by atoms with van der Waals surface area (Å²) in [6.07, 6.45) is 3.65. The van der Waals surface area contributed by atoms with Crippen molar-refractivity contribution in [3.8, 4) is 0 Å². The van der Waals surface area contributed by atoms with E-state index in [1.54, 1.807) is 17.0 Å². The highest BCUT2D eigenvalue weighted by Crippen LogP contribution is 2.28. The van der Waals surface area contributed by atoms with Gasteiger partial charge in [0.1, 0.15) is 5.82 Å². The van der Waals surface area contributed by atoms with Crippen molar-refractivity contribution in [2.24, 2.45) is 11.7 Å². The van der Waals surface area contributed by atoms with Crippen molar-refractivity contribution >= 4 is 11.8 Å². The van der Waals surface area contributed by atoms with E-state index in [1.807, 2.05) is 0 Å². The SMILES string of the molecule is NC1CCCOC1C1CCN(C(=O)C(=O)NCc2ccc(F)cc2)CC1. The maximum Gasteiger partial charge on any atom is 0.311 e. The number of rotatable bonds is 3. The maximum absolute atomic E-state index is 12.9. The molecule has 3 rings (SSSR count). The molecule has 142 valence electrons. The molecular weight excluding hydrogens is 337 g/mol. The van der Waals surface area contributed by atoms with Crippen molar-refractivity contribution in [3.05, 3.63) is 35.6 Å². The van der Waals surface area contributed by atoms with Crippen LogP contribution in [0, 0.1) is 11.7 Å². The van der Waals surface area contributed by atoms with Gasteiger partial charge in [0.15, 0.2) is 0 Å². The molecular formula is C19H26FN3O3. The second-order valence-electron chi connectivity index (χ2n) is 7.08. The summed E-state index contributed by atoms with van der Waals surface area (Å²) in [6.45, 7) is 2.04. The number of halogens is 1. The summed E-state index contributed by atoms with van der Waals surface area (Å²) in [6, 6.07) is 5.88. The van der Waals surface area contributed by atoms with Crippen LogP contribution in [-0.4, -0.2) is 48.6 Å². The fourth-order valence-corrected chi connectivity index (χ4v) is 3.75. The van der Waals surface area contributed by atoms with Gasteiger partial charge < -0.3 is 20.7 Å². The molecule has 2 aliphatic rings. The summed E-state index contributed by atoms with van der Waals surface area (Å²) in [5.74, 6) is -1.13. The van der Waals surface area contributed by atoms with Crippen molar-refractivity contribution in [3.63, 3.8) is 0 Å². The van der Waals surface area contributed by atoms with Crippen LogP contribution in [0.15, 0.2) is 24.3 Å². The number of amides is 2. The molecule has 3 N–H and O–H groups in total. The Morgan fingerprint density at radius 1 is 1.19 bits per heavy atom. The monoisotopic (exact) mass is 363 g/mol. The number of carbonyl (C=O) groups excluding carboxylic acids is 2. The molecule has 2 atom stereocenters. The van der Waals surface area contributed by atoms with Crippen molar-refractivity contribution in [1.29, 1.82) is 0 Å². The molecule has 2 aliphatic heterocycles. The number of nitrogens with zero attached hydrogens (tertiary/aromatic N) is 1. The average Bonchev–Trinajstić information content (AvgIpc) is 2.67. The minimum Gasteiger partial charge on any atom is -0.376 e. The van der Waals surface area contributed by atoms with Crippen molar-refractivity contribution in [1.82, 2.24) is 10.2 Å². The molecule has 0 spiro atoms. The Hall–Kier alpha value is -1.99. The van der Waals surface area contributed by atoms with Crippen molar-refractivity contribution < 1.29 is 18.7 Å². The summed E-state index contributed by atoms with van der Waals surface area (Å²) in [4.78, 5) is 26.0. The lowest BCUT2D eigenvalue weighted by Crippen LogP contribution is -2.51. The van der Waals surface area contributed by atoms with Gasteiger partial charge in [-0.05, 0) is 49.3 Å². The molecule has 6 nitrogen and oxygen atoms in total. The minimum absolute atomic E-state index is 0.0632. The number of nitrogens with one attached hydrogen (secondary N) is 1. The van der Waals surface area contributed by atoms with Crippen LogP contribution in [0.25, 0.3) is 0 Å². The lowest BCUT2D eigenvalue weighted by Gasteiger charge is -2.39. The summed E-state index contributed by atoms with van der Waals surface area (Å²) in [7, 11) is 0. The van der Waals surface area contributed by atoms with Crippen LogP contribution in [0.1, 0.15) is 31.2 Å². The van der Waals surface area contributed by atoms with E-state index in [2.05, 4.69) is 5.32 Å². The molecule has 1 aromatic rings. The van der Waals surface area contributed by atoms with Gasteiger partial charge in [-0.15, -0.1) is 0 Å². The lowest BCUT2D eigenvalue weighted by atomic mass is 9.85. The van der Waals surface area contributed by atoms with E-state index in [9.17, 15) is 14.0 Å². The van der Waals surface area contributed by atoms with E-state index in [1.165, 1.54) is 12.1 Å². The Morgan fingerprint density at radius 3 is 2.54 bits per heavy atom.